The van der Waals surface area contributed by atoms with Crippen molar-refractivity contribution >= 4 is 5.97 Å². The predicted molar refractivity (Wildman–Crippen MR) is 75.5 cm³/mol. The summed E-state index contributed by atoms with van der Waals surface area (Å²) in [6.45, 7) is 6.43. The van der Waals surface area contributed by atoms with E-state index in [-0.39, 0.29) is 17.5 Å². The second kappa shape index (κ2) is 7.81. The maximum atomic E-state index is 12.3. The molecule has 0 aromatic heterocycles. The summed E-state index contributed by atoms with van der Waals surface area (Å²) in [7, 11) is 0. The van der Waals surface area contributed by atoms with Crippen LogP contribution in [0.5, 0.6) is 0 Å². The lowest BCUT2D eigenvalue weighted by atomic mass is 9.93. The second-order valence-electron chi connectivity index (χ2n) is 5.81. The number of rotatable bonds is 8. The molecular weight excluding hydrogens is 224 g/mol. The van der Waals surface area contributed by atoms with Crippen molar-refractivity contribution < 1.29 is 9.53 Å². The van der Waals surface area contributed by atoms with Gasteiger partial charge in [-0.3, -0.25) is 4.79 Å². The Balaban J connectivity index is 2.56. The van der Waals surface area contributed by atoms with E-state index in [4.69, 9.17) is 4.74 Å². The minimum Gasteiger partial charge on any atom is -0.459 e. The van der Waals surface area contributed by atoms with Crippen molar-refractivity contribution in [3.8, 4) is 0 Å². The molecule has 1 unspecified atom stereocenters. The van der Waals surface area contributed by atoms with E-state index in [0.717, 1.165) is 38.5 Å². The maximum Gasteiger partial charge on any atom is 0.309 e. The van der Waals surface area contributed by atoms with E-state index >= 15 is 0 Å². The molecule has 0 spiro atoms. The minimum atomic E-state index is -0.103. The average Bonchev–Trinajstić information content (AvgIpc) is 2.82. The molecule has 1 fully saturated rings. The van der Waals surface area contributed by atoms with E-state index < -0.39 is 0 Å². The Morgan fingerprint density at radius 3 is 2.33 bits per heavy atom. The third-order valence-electron chi connectivity index (χ3n) is 4.28. The molecular formula is C16H30O2. The quantitative estimate of drug-likeness (QED) is 0.578. The fraction of sp³-hybridized carbons (Fsp3) is 0.938. The molecule has 0 radical (unpaired) electrons. The Kier molecular flexibility index (Phi) is 6.73. The molecule has 1 saturated carbocycles. The summed E-state index contributed by atoms with van der Waals surface area (Å²) in [4.78, 5) is 12.3. The molecule has 18 heavy (non-hydrogen) atoms. The first-order chi connectivity index (χ1) is 8.67. The monoisotopic (exact) mass is 254 g/mol. The molecule has 106 valence electrons. The van der Waals surface area contributed by atoms with E-state index in [9.17, 15) is 4.79 Å². The lowest BCUT2D eigenvalue weighted by Crippen LogP contribution is -2.34. The lowest BCUT2D eigenvalue weighted by molar-refractivity contribution is -0.165. The first-order valence-corrected chi connectivity index (χ1v) is 7.90. The molecule has 0 bridgehead atoms. The van der Waals surface area contributed by atoms with E-state index in [1.807, 2.05) is 0 Å². The molecule has 1 aliphatic carbocycles. The summed E-state index contributed by atoms with van der Waals surface area (Å²) < 4.78 is 5.97. The molecule has 1 aliphatic rings. The van der Waals surface area contributed by atoms with Gasteiger partial charge in [0.15, 0.2) is 0 Å². The number of carbonyl (C=O) groups excluding carboxylic acids is 1. The number of carbonyl (C=O) groups is 1. The number of esters is 1. The normalized spacial score (nSPS) is 19.7. The van der Waals surface area contributed by atoms with Crippen LogP contribution >= 0.6 is 0 Å². The van der Waals surface area contributed by atoms with Gasteiger partial charge in [0.2, 0.25) is 0 Å². The summed E-state index contributed by atoms with van der Waals surface area (Å²) in [5.41, 5.74) is -0.103. The van der Waals surface area contributed by atoms with Crippen LogP contribution in [0.3, 0.4) is 0 Å². The van der Waals surface area contributed by atoms with Crippen molar-refractivity contribution in [1.82, 2.24) is 0 Å². The molecule has 2 nitrogen and oxygen atoms in total. The molecule has 0 amide bonds. The highest BCUT2D eigenvalue weighted by Gasteiger charge is 2.38. The second-order valence-corrected chi connectivity index (χ2v) is 5.81. The van der Waals surface area contributed by atoms with Crippen molar-refractivity contribution in [3.05, 3.63) is 0 Å². The average molecular weight is 254 g/mol. The molecule has 0 aromatic carbocycles. The highest BCUT2D eigenvalue weighted by molar-refractivity contribution is 5.72. The Hall–Kier alpha value is -0.530. The van der Waals surface area contributed by atoms with E-state index in [1.165, 1.54) is 25.7 Å². The molecule has 0 aliphatic heterocycles. The van der Waals surface area contributed by atoms with Gasteiger partial charge < -0.3 is 4.74 Å². The van der Waals surface area contributed by atoms with Crippen LogP contribution in [-0.4, -0.2) is 11.6 Å². The van der Waals surface area contributed by atoms with Crippen molar-refractivity contribution in [3.63, 3.8) is 0 Å². The molecule has 0 N–H and O–H groups in total. The van der Waals surface area contributed by atoms with Gasteiger partial charge in [-0.2, -0.15) is 0 Å². The topological polar surface area (TPSA) is 26.3 Å². The van der Waals surface area contributed by atoms with Crippen LogP contribution in [0, 0.1) is 5.92 Å². The van der Waals surface area contributed by atoms with E-state index in [2.05, 4.69) is 20.8 Å². The van der Waals surface area contributed by atoms with Crippen LogP contribution in [0.25, 0.3) is 0 Å². The van der Waals surface area contributed by atoms with Crippen molar-refractivity contribution in [2.24, 2.45) is 5.92 Å². The fourth-order valence-corrected chi connectivity index (χ4v) is 3.06. The Labute approximate surface area is 112 Å². The van der Waals surface area contributed by atoms with Crippen LogP contribution in [-0.2, 0) is 9.53 Å². The fourth-order valence-electron chi connectivity index (χ4n) is 3.06. The molecule has 2 heteroatoms. The number of hydrogen-bond acceptors (Lipinski definition) is 2. The van der Waals surface area contributed by atoms with Crippen LogP contribution in [0.2, 0.25) is 0 Å². The highest BCUT2D eigenvalue weighted by atomic mass is 16.6. The van der Waals surface area contributed by atoms with Crippen LogP contribution < -0.4 is 0 Å². The summed E-state index contributed by atoms with van der Waals surface area (Å²) in [5, 5.41) is 0. The van der Waals surface area contributed by atoms with Crippen molar-refractivity contribution in [2.45, 2.75) is 90.6 Å². The molecule has 0 saturated heterocycles. The highest BCUT2D eigenvalue weighted by Crippen LogP contribution is 2.38. The molecule has 1 atom stereocenters. The van der Waals surface area contributed by atoms with Gasteiger partial charge in [0.1, 0.15) is 5.60 Å². The summed E-state index contributed by atoms with van der Waals surface area (Å²) in [6.07, 6.45) is 11.0. The molecule has 0 heterocycles. The van der Waals surface area contributed by atoms with E-state index in [1.54, 1.807) is 0 Å². The standard InChI is InChI=1S/C16H30O2/c1-4-7-11-16(12-8-9-13-16)18-15(17)14(6-3)10-5-2/h14H,4-13H2,1-3H3. The van der Waals surface area contributed by atoms with Gasteiger partial charge >= 0.3 is 5.97 Å². The molecule has 1 rings (SSSR count). The van der Waals surface area contributed by atoms with Gasteiger partial charge in [-0.15, -0.1) is 0 Å². The van der Waals surface area contributed by atoms with Gasteiger partial charge in [0.05, 0.1) is 5.92 Å². The number of hydrogen-bond donors (Lipinski definition) is 0. The van der Waals surface area contributed by atoms with Crippen LogP contribution in [0.4, 0.5) is 0 Å². The van der Waals surface area contributed by atoms with Crippen LogP contribution in [0.1, 0.15) is 85.0 Å². The number of unbranched alkanes of at least 4 members (excludes halogenated alkanes) is 1. The Morgan fingerprint density at radius 2 is 1.83 bits per heavy atom. The van der Waals surface area contributed by atoms with Crippen molar-refractivity contribution in [2.75, 3.05) is 0 Å². The summed E-state index contributed by atoms with van der Waals surface area (Å²) in [5.74, 6) is 0.187. The number of ether oxygens (including phenoxy) is 1. The largest absolute Gasteiger partial charge is 0.459 e. The summed E-state index contributed by atoms with van der Waals surface area (Å²) >= 11 is 0. The maximum absolute atomic E-state index is 12.3. The first kappa shape index (κ1) is 15.5. The van der Waals surface area contributed by atoms with Gasteiger partial charge in [0, 0.05) is 0 Å². The smallest absolute Gasteiger partial charge is 0.309 e. The zero-order valence-corrected chi connectivity index (χ0v) is 12.5. The predicted octanol–water partition coefficient (Wildman–Crippen LogP) is 4.86. The first-order valence-electron chi connectivity index (χ1n) is 7.90. The van der Waals surface area contributed by atoms with Crippen molar-refractivity contribution in [1.29, 1.82) is 0 Å². The zero-order valence-electron chi connectivity index (χ0n) is 12.5. The third kappa shape index (κ3) is 4.29. The lowest BCUT2D eigenvalue weighted by Gasteiger charge is -2.31. The van der Waals surface area contributed by atoms with E-state index in [0.29, 0.717) is 0 Å². The van der Waals surface area contributed by atoms with Gasteiger partial charge in [-0.05, 0) is 51.4 Å². The van der Waals surface area contributed by atoms with Gasteiger partial charge in [0.25, 0.3) is 0 Å². The summed E-state index contributed by atoms with van der Waals surface area (Å²) in [6, 6.07) is 0. The Bertz CT molecular complexity index is 241. The SMILES string of the molecule is CCCCC1(OC(=O)C(CC)CCC)CCCC1. The molecule has 0 aromatic rings. The zero-order chi connectivity index (χ0) is 13.4. The third-order valence-corrected chi connectivity index (χ3v) is 4.28. The van der Waals surface area contributed by atoms with Gasteiger partial charge in [-0.25, -0.2) is 0 Å². The Morgan fingerprint density at radius 1 is 1.17 bits per heavy atom. The van der Waals surface area contributed by atoms with Crippen LogP contribution in [0.15, 0.2) is 0 Å². The minimum absolute atomic E-state index is 0.0670. The van der Waals surface area contributed by atoms with Gasteiger partial charge in [-0.1, -0.05) is 33.6 Å².